The smallest absolute Gasteiger partial charge is 0.317 e. The van der Waals surface area contributed by atoms with Crippen LogP contribution in [0.15, 0.2) is 0 Å². The second kappa shape index (κ2) is 9.15. The second-order valence-electron chi connectivity index (χ2n) is 5.45. The highest BCUT2D eigenvalue weighted by atomic mass is 16.5. The Morgan fingerprint density at radius 2 is 2.00 bits per heavy atom. The van der Waals surface area contributed by atoms with Crippen molar-refractivity contribution in [3.8, 4) is 0 Å². The van der Waals surface area contributed by atoms with Crippen LogP contribution < -0.4 is 5.32 Å². The Labute approximate surface area is 116 Å². The van der Waals surface area contributed by atoms with Gasteiger partial charge in [0.2, 0.25) is 0 Å². The first-order valence-corrected chi connectivity index (χ1v) is 7.38. The van der Waals surface area contributed by atoms with Crippen molar-refractivity contribution in [3.05, 3.63) is 0 Å². The van der Waals surface area contributed by atoms with Crippen molar-refractivity contribution in [1.82, 2.24) is 10.2 Å². The summed E-state index contributed by atoms with van der Waals surface area (Å²) in [6.07, 6.45) is 7.32. The van der Waals surface area contributed by atoms with Gasteiger partial charge < -0.3 is 20.1 Å². The molecule has 1 atom stereocenters. The van der Waals surface area contributed by atoms with Crippen molar-refractivity contribution in [2.24, 2.45) is 0 Å². The third-order valence-corrected chi connectivity index (χ3v) is 3.42. The summed E-state index contributed by atoms with van der Waals surface area (Å²) in [7, 11) is 1.67. The average molecular weight is 272 g/mol. The van der Waals surface area contributed by atoms with Crippen LogP contribution in [0.25, 0.3) is 0 Å². The zero-order valence-electron chi connectivity index (χ0n) is 12.2. The molecule has 0 aromatic rings. The maximum Gasteiger partial charge on any atom is 0.317 e. The highest BCUT2D eigenvalue weighted by molar-refractivity contribution is 5.73. The van der Waals surface area contributed by atoms with E-state index in [9.17, 15) is 9.90 Å². The number of hydrogen-bond donors (Lipinski definition) is 2. The standard InChI is InChI=1S/C14H28N2O3/c1-12(17)11-16(2)14(18)15-9-10-19-13-7-5-3-4-6-8-13/h12-13,17H,3-11H2,1-2H3,(H,15,18). The molecule has 1 aliphatic rings. The van der Waals surface area contributed by atoms with E-state index < -0.39 is 6.10 Å². The number of carbonyl (C=O) groups is 1. The van der Waals surface area contributed by atoms with Crippen molar-refractivity contribution in [2.45, 2.75) is 57.7 Å². The monoisotopic (exact) mass is 272 g/mol. The minimum absolute atomic E-state index is 0.162. The van der Waals surface area contributed by atoms with Crippen LogP contribution in [0.5, 0.6) is 0 Å². The minimum atomic E-state index is -0.502. The molecule has 0 aromatic heterocycles. The van der Waals surface area contributed by atoms with Crippen LogP contribution in [0.4, 0.5) is 4.79 Å². The largest absolute Gasteiger partial charge is 0.392 e. The summed E-state index contributed by atoms with van der Waals surface area (Å²) in [5.41, 5.74) is 0. The zero-order valence-corrected chi connectivity index (χ0v) is 12.2. The molecular weight excluding hydrogens is 244 g/mol. The Kier molecular flexibility index (Phi) is 7.82. The van der Waals surface area contributed by atoms with E-state index >= 15 is 0 Å². The van der Waals surface area contributed by atoms with Gasteiger partial charge in [0.15, 0.2) is 0 Å². The van der Waals surface area contributed by atoms with E-state index in [1.54, 1.807) is 14.0 Å². The van der Waals surface area contributed by atoms with E-state index in [1.165, 1.54) is 30.6 Å². The molecule has 0 spiro atoms. The molecule has 1 saturated carbocycles. The molecule has 0 heterocycles. The molecule has 0 saturated heterocycles. The minimum Gasteiger partial charge on any atom is -0.392 e. The van der Waals surface area contributed by atoms with Crippen LogP contribution in [-0.2, 0) is 4.74 Å². The molecule has 0 aliphatic heterocycles. The molecule has 19 heavy (non-hydrogen) atoms. The van der Waals surface area contributed by atoms with Gasteiger partial charge >= 0.3 is 6.03 Å². The predicted molar refractivity (Wildman–Crippen MR) is 75.2 cm³/mol. The summed E-state index contributed by atoms with van der Waals surface area (Å²) >= 11 is 0. The Balaban J connectivity index is 2.07. The van der Waals surface area contributed by atoms with Gasteiger partial charge in [0, 0.05) is 20.1 Å². The lowest BCUT2D eigenvalue weighted by molar-refractivity contribution is 0.0454. The van der Waals surface area contributed by atoms with Gasteiger partial charge in [0.05, 0.1) is 18.8 Å². The number of rotatable bonds is 6. The van der Waals surface area contributed by atoms with Crippen molar-refractivity contribution in [3.63, 3.8) is 0 Å². The summed E-state index contributed by atoms with van der Waals surface area (Å²) in [4.78, 5) is 13.1. The Morgan fingerprint density at radius 1 is 1.37 bits per heavy atom. The quantitative estimate of drug-likeness (QED) is 0.572. The average Bonchev–Trinajstić information content (AvgIpc) is 2.62. The molecule has 5 nitrogen and oxygen atoms in total. The van der Waals surface area contributed by atoms with Crippen LogP contribution >= 0.6 is 0 Å². The van der Waals surface area contributed by atoms with E-state index in [1.807, 2.05) is 0 Å². The maximum absolute atomic E-state index is 11.6. The van der Waals surface area contributed by atoms with Crippen molar-refractivity contribution < 1.29 is 14.6 Å². The van der Waals surface area contributed by atoms with Gasteiger partial charge in [-0.25, -0.2) is 4.79 Å². The second-order valence-corrected chi connectivity index (χ2v) is 5.45. The van der Waals surface area contributed by atoms with Gasteiger partial charge in [-0.05, 0) is 19.8 Å². The lowest BCUT2D eigenvalue weighted by Crippen LogP contribution is -2.42. The Bertz CT molecular complexity index is 251. The first kappa shape index (κ1) is 16.2. The first-order valence-electron chi connectivity index (χ1n) is 7.38. The molecule has 1 aliphatic carbocycles. The van der Waals surface area contributed by atoms with Gasteiger partial charge in [-0.3, -0.25) is 0 Å². The van der Waals surface area contributed by atoms with E-state index in [4.69, 9.17) is 4.74 Å². The first-order chi connectivity index (χ1) is 9.09. The van der Waals surface area contributed by atoms with Crippen LogP contribution in [0, 0.1) is 0 Å². The van der Waals surface area contributed by atoms with E-state index in [0.717, 1.165) is 12.8 Å². The number of likely N-dealkylation sites (N-methyl/N-ethyl adjacent to an activating group) is 1. The van der Waals surface area contributed by atoms with Gasteiger partial charge in [-0.2, -0.15) is 0 Å². The molecule has 112 valence electrons. The van der Waals surface area contributed by atoms with E-state index in [-0.39, 0.29) is 6.03 Å². The van der Waals surface area contributed by atoms with Gasteiger partial charge in [-0.15, -0.1) is 0 Å². The summed E-state index contributed by atoms with van der Waals surface area (Å²) in [6.45, 7) is 3.10. The fraction of sp³-hybridized carbons (Fsp3) is 0.929. The molecule has 0 bridgehead atoms. The number of carbonyl (C=O) groups excluding carboxylic acids is 1. The van der Waals surface area contributed by atoms with Gasteiger partial charge in [-0.1, -0.05) is 25.7 Å². The third-order valence-electron chi connectivity index (χ3n) is 3.42. The maximum atomic E-state index is 11.6. The Hall–Kier alpha value is -0.810. The lowest BCUT2D eigenvalue weighted by atomic mass is 10.1. The van der Waals surface area contributed by atoms with Crippen LogP contribution in [0.3, 0.4) is 0 Å². The molecular formula is C14H28N2O3. The SMILES string of the molecule is CC(O)CN(C)C(=O)NCCOC1CCCCCC1. The summed E-state index contributed by atoms with van der Waals surface area (Å²) in [5.74, 6) is 0. The molecule has 1 fully saturated rings. The fourth-order valence-corrected chi connectivity index (χ4v) is 2.41. The number of nitrogens with zero attached hydrogens (tertiary/aromatic N) is 1. The number of ether oxygens (including phenoxy) is 1. The van der Waals surface area contributed by atoms with Crippen molar-refractivity contribution >= 4 is 6.03 Å². The molecule has 0 aromatic carbocycles. The van der Waals surface area contributed by atoms with Crippen molar-refractivity contribution in [1.29, 1.82) is 0 Å². The highest BCUT2D eigenvalue weighted by Crippen LogP contribution is 2.19. The molecule has 5 heteroatoms. The summed E-state index contributed by atoms with van der Waals surface area (Å²) < 4.78 is 5.79. The number of urea groups is 1. The fourth-order valence-electron chi connectivity index (χ4n) is 2.41. The molecule has 2 N–H and O–H groups in total. The number of aliphatic hydroxyl groups excluding tert-OH is 1. The third kappa shape index (κ3) is 7.38. The molecule has 2 amide bonds. The van der Waals surface area contributed by atoms with Gasteiger partial charge in [0.25, 0.3) is 0 Å². The molecule has 1 unspecified atom stereocenters. The van der Waals surface area contributed by atoms with Crippen LogP contribution in [0.2, 0.25) is 0 Å². The zero-order chi connectivity index (χ0) is 14.1. The molecule has 1 rings (SSSR count). The number of aliphatic hydroxyl groups is 1. The lowest BCUT2D eigenvalue weighted by Gasteiger charge is -2.20. The number of amides is 2. The van der Waals surface area contributed by atoms with Gasteiger partial charge in [0.1, 0.15) is 0 Å². The van der Waals surface area contributed by atoms with E-state index in [0.29, 0.717) is 25.8 Å². The highest BCUT2D eigenvalue weighted by Gasteiger charge is 2.13. The van der Waals surface area contributed by atoms with E-state index in [2.05, 4.69) is 5.32 Å². The summed E-state index contributed by atoms with van der Waals surface area (Å²) in [6, 6.07) is -0.162. The van der Waals surface area contributed by atoms with Crippen LogP contribution in [-0.4, -0.2) is 55.0 Å². The normalized spacial score (nSPS) is 18.7. The summed E-state index contributed by atoms with van der Waals surface area (Å²) in [5, 5.41) is 12.0. The van der Waals surface area contributed by atoms with Crippen molar-refractivity contribution in [2.75, 3.05) is 26.7 Å². The number of nitrogens with one attached hydrogen (secondary N) is 1. The topological polar surface area (TPSA) is 61.8 Å². The van der Waals surface area contributed by atoms with Crippen LogP contribution in [0.1, 0.15) is 45.4 Å². The predicted octanol–water partition coefficient (Wildman–Crippen LogP) is 1.75. The number of hydrogen-bond acceptors (Lipinski definition) is 3. The molecule has 0 radical (unpaired) electrons. The Morgan fingerprint density at radius 3 is 2.58 bits per heavy atom.